The predicted molar refractivity (Wildman–Crippen MR) is 82.9 cm³/mol. The van der Waals surface area contributed by atoms with Crippen LogP contribution in [-0.2, 0) is 6.61 Å². The highest BCUT2D eigenvalue weighted by Gasteiger charge is 2.08. The lowest BCUT2D eigenvalue weighted by Crippen LogP contribution is -2.02. The number of aryl methyl sites for hydroxylation is 1. The van der Waals surface area contributed by atoms with Crippen molar-refractivity contribution < 1.29 is 4.74 Å². The smallest absolute Gasteiger partial charge is 0.169 e. The third-order valence-corrected chi connectivity index (χ3v) is 4.16. The van der Waals surface area contributed by atoms with Crippen LogP contribution in [0.5, 0.6) is 5.75 Å². The quantitative estimate of drug-likeness (QED) is 0.643. The van der Waals surface area contributed by atoms with Gasteiger partial charge in [0.1, 0.15) is 22.3 Å². The zero-order valence-corrected chi connectivity index (χ0v) is 12.9. The highest BCUT2D eigenvalue weighted by atomic mass is 35.5. The number of hydrogen-bond donors (Lipinski definition) is 0. The van der Waals surface area contributed by atoms with Gasteiger partial charge in [-0.25, -0.2) is 9.97 Å². The van der Waals surface area contributed by atoms with E-state index in [-0.39, 0.29) is 6.61 Å². The fourth-order valence-electron chi connectivity index (χ4n) is 1.79. The summed E-state index contributed by atoms with van der Waals surface area (Å²) in [6.07, 6.45) is 0. The second-order valence-corrected chi connectivity index (χ2v) is 5.95. The fourth-order valence-corrected chi connectivity index (χ4v) is 3.17. The third kappa shape index (κ3) is 2.73. The zero-order valence-electron chi connectivity index (χ0n) is 10.6. The molecule has 3 rings (SSSR count). The van der Waals surface area contributed by atoms with Crippen molar-refractivity contribution in [3.05, 3.63) is 51.2 Å². The summed E-state index contributed by atoms with van der Waals surface area (Å²) in [5.74, 6) is 1.16. The van der Waals surface area contributed by atoms with Gasteiger partial charge in [-0.3, -0.25) is 0 Å². The first-order valence-electron chi connectivity index (χ1n) is 5.92. The van der Waals surface area contributed by atoms with E-state index in [0.717, 1.165) is 15.8 Å². The molecule has 0 saturated carbocycles. The number of halogens is 2. The predicted octanol–water partition coefficient (Wildman–Crippen LogP) is 4.89. The van der Waals surface area contributed by atoms with Crippen LogP contribution in [0.4, 0.5) is 0 Å². The third-order valence-electron chi connectivity index (χ3n) is 2.77. The van der Waals surface area contributed by atoms with E-state index in [4.69, 9.17) is 27.9 Å². The van der Waals surface area contributed by atoms with E-state index in [0.29, 0.717) is 21.7 Å². The molecule has 6 heteroatoms. The van der Waals surface area contributed by atoms with Crippen molar-refractivity contribution >= 4 is 44.8 Å². The maximum atomic E-state index is 6.11. The molecule has 0 aliphatic heterocycles. The Morgan fingerprint density at radius 2 is 2.05 bits per heavy atom. The van der Waals surface area contributed by atoms with Crippen LogP contribution >= 0.6 is 34.5 Å². The molecule has 20 heavy (non-hydrogen) atoms. The van der Waals surface area contributed by atoms with E-state index < -0.39 is 0 Å². The molecule has 0 saturated heterocycles. The van der Waals surface area contributed by atoms with Gasteiger partial charge < -0.3 is 4.74 Å². The van der Waals surface area contributed by atoms with Crippen LogP contribution in [0.25, 0.3) is 10.2 Å². The molecule has 102 valence electrons. The van der Waals surface area contributed by atoms with Gasteiger partial charge in [-0.2, -0.15) is 0 Å². The Hall–Kier alpha value is -1.36. The molecule has 0 amide bonds. The van der Waals surface area contributed by atoms with Crippen LogP contribution in [0.1, 0.15) is 11.4 Å². The van der Waals surface area contributed by atoms with Gasteiger partial charge in [-0.05, 0) is 36.1 Å². The molecule has 3 nitrogen and oxygen atoms in total. The van der Waals surface area contributed by atoms with E-state index in [2.05, 4.69) is 9.97 Å². The summed E-state index contributed by atoms with van der Waals surface area (Å²) in [5, 5.41) is 3.83. The van der Waals surface area contributed by atoms with Crippen molar-refractivity contribution in [1.29, 1.82) is 0 Å². The van der Waals surface area contributed by atoms with Gasteiger partial charge in [0.2, 0.25) is 0 Å². The van der Waals surface area contributed by atoms with Gasteiger partial charge in [0.15, 0.2) is 5.82 Å². The normalized spacial score (nSPS) is 10.9. The van der Waals surface area contributed by atoms with Crippen molar-refractivity contribution in [2.45, 2.75) is 13.5 Å². The molecule has 0 fully saturated rings. The monoisotopic (exact) mass is 324 g/mol. The van der Waals surface area contributed by atoms with E-state index in [9.17, 15) is 0 Å². The SMILES string of the molecule is Cc1ccc(OCc2nc(Cl)c3ccsc3n2)c(Cl)c1. The number of fused-ring (bicyclic) bond motifs is 1. The number of thiophene rings is 1. The average Bonchev–Trinajstić information content (AvgIpc) is 2.86. The molecule has 0 N–H and O–H groups in total. The van der Waals surface area contributed by atoms with Crippen LogP contribution in [0.15, 0.2) is 29.6 Å². The molecule has 1 aromatic carbocycles. The van der Waals surface area contributed by atoms with Gasteiger partial charge in [0.05, 0.1) is 5.02 Å². The standard InChI is InChI=1S/C14H10Cl2N2OS/c1-8-2-3-11(10(15)6-8)19-7-12-17-13(16)9-4-5-20-14(9)18-12/h2-6H,7H2,1H3. The highest BCUT2D eigenvalue weighted by Crippen LogP contribution is 2.27. The Bertz CT molecular complexity index is 773. The van der Waals surface area contributed by atoms with Crippen LogP contribution in [0, 0.1) is 6.92 Å². The zero-order chi connectivity index (χ0) is 14.1. The molecule has 0 aliphatic carbocycles. The van der Waals surface area contributed by atoms with Crippen LogP contribution in [0.3, 0.4) is 0 Å². The molecular formula is C14H10Cl2N2OS. The Balaban J connectivity index is 1.82. The van der Waals surface area contributed by atoms with Gasteiger partial charge in [-0.1, -0.05) is 29.3 Å². The summed E-state index contributed by atoms with van der Waals surface area (Å²) in [5.41, 5.74) is 1.08. The summed E-state index contributed by atoms with van der Waals surface area (Å²) in [6.45, 7) is 2.21. The van der Waals surface area contributed by atoms with Crippen molar-refractivity contribution in [1.82, 2.24) is 9.97 Å². The Morgan fingerprint density at radius 1 is 1.20 bits per heavy atom. The van der Waals surface area contributed by atoms with Crippen molar-refractivity contribution in [2.24, 2.45) is 0 Å². The second kappa shape index (κ2) is 5.56. The maximum absolute atomic E-state index is 6.11. The van der Waals surface area contributed by atoms with Gasteiger partial charge in [0, 0.05) is 5.39 Å². The summed E-state index contributed by atoms with van der Waals surface area (Å²) < 4.78 is 5.65. The number of nitrogens with zero attached hydrogens (tertiary/aromatic N) is 2. The Labute approximate surface area is 130 Å². The van der Waals surface area contributed by atoms with Gasteiger partial charge >= 0.3 is 0 Å². The molecule has 0 atom stereocenters. The average molecular weight is 325 g/mol. The van der Waals surface area contributed by atoms with E-state index >= 15 is 0 Å². The van der Waals surface area contributed by atoms with E-state index in [1.54, 1.807) is 0 Å². The van der Waals surface area contributed by atoms with Crippen molar-refractivity contribution in [3.63, 3.8) is 0 Å². The minimum absolute atomic E-state index is 0.232. The lowest BCUT2D eigenvalue weighted by molar-refractivity contribution is 0.296. The number of ether oxygens (including phenoxy) is 1. The molecule has 0 aliphatic rings. The molecule has 2 heterocycles. The lowest BCUT2D eigenvalue weighted by atomic mass is 10.2. The fraction of sp³-hybridized carbons (Fsp3) is 0.143. The van der Waals surface area contributed by atoms with Crippen LogP contribution in [0.2, 0.25) is 10.2 Å². The molecule has 0 bridgehead atoms. The molecular weight excluding hydrogens is 315 g/mol. The molecule has 3 aromatic rings. The van der Waals surface area contributed by atoms with Crippen molar-refractivity contribution in [2.75, 3.05) is 0 Å². The highest BCUT2D eigenvalue weighted by molar-refractivity contribution is 7.16. The first kappa shape index (κ1) is 13.6. The maximum Gasteiger partial charge on any atom is 0.169 e. The molecule has 0 spiro atoms. The number of rotatable bonds is 3. The van der Waals surface area contributed by atoms with Crippen molar-refractivity contribution in [3.8, 4) is 5.75 Å². The van der Waals surface area contributed by atoms with Crippen LogP contribution < -0.4 is 4.74 Å². The molecule has 0 unspecified atom stereocenters. The molecule has 0 radical (unpaired) electrons. The van der Waals surface area contributed by atoms with Crippen LogP contribution in [-0.4, -0.2) is 9.97 Å². The first-order valence-corrected chi connectivity index (χ1v) is 7.55. The van der Waals surface area contributed by atoms with Gasteiger partial charge in [-0.15, -0.1) is 11.3 Å². The summed E-state index contributed by atoms with van der Waals surface area (Å²) in [6, 6.07) is 7.54. The summed E-state index contributed by atoms with van der Waals surface area (Å²) in [7, 11) is 0. The number of benzene rings is 1. The summed E-state index contributed by atoms with van der Waals surface area (Å²) >= 11 is 13.8. The van der Waals surface area contributed by atoms with E-state index in [1.165, 1.54) is 11.3 Å². The minimum Gasteiger partial charge on any atom is -0.484 e. The van der Waals surface area contributed by atoms with E-state index in [1.807, 2.05) is 36.6 Å². The Kier molecular flexibility index (Phi) is 3.78. The van der Waals surface area contributed by atoms with Gasteiger partial charge in [0.25, 0.3) is 0 Å². The topological polar surface area (TPSA) is 35.0 Å². The number of aromatic nitrogens is 2. The Morgan fingerprint density at radius 3 is 2.85 bits per heavy atom. The minimum atomic E-state index is 0.232. The summed E-state index contributed by atoms with van der Waals surface area (Å²) in [4.78, 5) is 9.50. The first-order chi connectivity index (χ1) is 9.63. The largest absolute Gasteiger partial charge is 0.484 e. The number of hydrogen-bond acceptors (Lipinski definition) is 4. The molecule has 2 aromatic heterocycles. The lowest BCUT2D eigenvalue weighted by Gasteiger charge is -2.08. The second-order valence-electron chi connectivity index (χ2n) is 4.29.